The molecule has 0 aliphatic heterocycles. The number of hydrogen-bond acceptors (Lipinski definition) is 5. The van der Waals surface area contributed by atoms with Crippen LogP contribution >= 0.6 is 0 Å². The highest BCUT2D eigenvalue weighted by atomic mass is 19.4. The van der Waals surface area contributed by atoms with Crippen LogP contribution in [0.2, 0.25) is 0 Å². The van der Waals surface area contributed by atoms with Crippen LogP contribution in [0.15, 0.2) is 45.7 Å². The second kappa shape index (κ2) is 8.87. The number of anilines is 1. The number of alkyl halides is 6. The molecule has 0 saturated carbocycles. The molecule has 0 radical (unpaired) electrons. The molecule has 0 aliphatic carbocycles. The van der Waals surface area contributed by atoms with Crippen molar-refractivity contribution in [3.8, 4) is 0 Å². The van der Waals surface area contributed by atoms with Crippen LogP contribution in [0.5, 0.6) is 0 Å². The number of hydrogen-bond donors (Lipinski definition) is 2. The summed E-state index contributed by atoms with van der Waals surface area (Å²) in [7, 11) is 0. The van der Waals surface area contributed by atoms with Crippen molar-refractivity contribution < 1.29 is 45.2 Å². The van der Waals surface area contributed by atoms with Crippen LogP contribution in [0.3, 0.4) is 0 Å². The Labute approximate surface area is 198 Å². The monoisotopic (exact) mass is 520 g/mol. The van der Waals surface area contributed by atoms with Gasteiger partial charge in [0.15, 0.2) is 0 Å². The minimum Gasteiger partial charge on any atom is -0.373 e. The van der Waals surface area contributed by atoms with E-state index in [0.29, 0.717) is 18.2 Å². The van der Waals surface area contributed by atoms with Gasteiger partial charge in [-0.15, -0.1) is 0 Å². The third-order valence-electron chi connectivity index (χ3n) is 5.71. The molecule has 0 aliphatic rings. The van der Waals surface area contributed by atoms with E-state index in [1.807, 2.05) is 5.32 Å². The SMILES string of the molecule is Cc1noc(=O)c2ccc(NC(=O)C(O)(CC(C)(C)c3cc(F)ccc3C(F)(F)F)C(F)(F)F)cc12. The number of aliphatic hydroxyl groups is 1. The summed E-state index contributed by atoms with van der Waals surface area (Å²) >= 11 is 0. The molecule has 0 spiro atoms. The lowest BCUT2D eigenvalue weighted by Crippen LogP contribution is -2.57. The second-order valence-corrected chi connectivity index (χ2v) is 8.88. The van der Waals surface area contributed by atoms with E-state index in [-0.39, 0.29) is 22.2 Å². The number of benzene rings is 2. The van der Waals surface area contributed by atoms with Gasteiger partial charge in [0.25, 0.3) is 5.91 Å². The van der Waals surface area contributed by atoms with Gasteiger partial charge < -0.3 is 14.9 Å². The van der Waals surface area contributed by atoms with Gasteiger partial charge in [0.05, 0.1) is 16.6 Å². The minimum atomic E-state index is -5.63. The number of carbonyl (C=O) groups is 1. The van der Waals surface area contributed by atoms with E-state index in [4.69, 9.17) is 0 Å². The van der Waals surface area contributed by atoms with Gasteiger partial charge in [-0.05, 0) is 54.3 Å². The maximum absolute atomic E-state index is 14.0. The topological polar surface area (TPSA) is 92.4 Å². The number of halogens is 7. The van der Waals surface area contributed by atoms with Gasteiger partial charge in [0.2, 0.25) is 5.60 Å². The molecule has 1 heterocycles. The van der Waals surface area contributed by atoms with Gasteiger partial charge in [0, 0.05) is 17.5 Å². The molecule has 194 valence electrons. The van der Waals surface area contributed by atoms with Crippen molar-refractivity contribution in [2.75, 3.05) is 5.32 Å². The predicted molar refractivity (Wildman–Crippen MR) is 114 cm³/mol. The van der Waals surface area contributed by atoms with E-state index in [9.17, 15) is 45.4 Å². The lowest BCUT2D eigenvalue weighted by atomic mass is 9.72. The van der Waals surface area contributed by atoms with Crippen molar-refractivity contribution in [2.45, 2.75) is 50.6 Å². The molecule has 13 heteroatoms. The van der Waals surface area contributed by atoms with Gasteiger partial charge in [-0.25, -0.2) is 9.18 Å². The molecule has 1 atom stereocenters. The molecular weight excluding hydrogens is 501 g/mol. The molecule has 0 saturated heterocycles. The molecule has 1 amide bonds. The van der Waals surface area contributed by atoms with Crippen molar-refractivity contribution in [1.29, 1.82) is 0 Å². The Morgan fingerprint density at radius 2 is 1.64 bits per heavy atom. The zero-order chi connectivity index (χ0) is 27.3. The van der Waals surface area contributed by atoms with Crippen molar-refractivity contribution in [3.05, 3.63) is 69.5 Å². The highest BCUT2D eigenvalue weighted by Gasteiger charge is 2.61. The third kappa shape index (κ3) is 5.06. The van der Waals surface area contributed by atoms with E-state index in [0.717, 1.165) is 32.0 Å². The lowest BCUT2D eigenvalue weighted by molar-refractivity contribution is -0.254. The number of nitrogens with zero attached hydrogens (tertiary/aromatic N) is 1. The summed E-state index contributed by atoms with van der Waals surface area (Å²) in [5.74, 6) is -3.13. The first-order valence-electron chi connectivity index (χ1n) is 10.2. The highest BCUT2D eigenvalue weighted by Crippen LogP contribution is 2.45. The van der Waals surface area contributed by atoms with E-state index in [1.165, 1.54) is 6.92 Å². The number of fused-ring (bicyclic) bond motifs is 1. The van der Waals surface area contributed by atoms with Gasteiger partial charge in [0.1, 0.15) is 5.82 Å². The average molecular weight is 520 g/mol. The van der Waals surface area contributed by atoms with Crippen molar-refractivity contribution in [3.63, 3.8) is 0 Å². The average Bonchev–Trinajstić information content (AvgIpc) is 2.74. The number of rotatable bonds is 5. The second-order valence-electron chi connectivity index (χ2n) is 8.88. The molecule has 2 N–H and O–H groups in total. The molecule has 1 unspecified atom stereocenters. The molecule has 3 rings (SSSR count). The Bertz CT molecular complexity index is 1380. The summed E-state index contributed by atoms with van der Waals surface area (Å²) in [5, 5.41) is 16.1. The molecule has 36 heavy (non-hydrogen) atoms. The summed E-state index contributed by atoms with van der Waals surface area (Å²) in [6.45, 7) is 3.28. The van der Waals surface area contributed by atoms with Gasteiger partial charge in [-0.3, -0.25) is 4.79 Å². The van der Waals surface area contributed by atoms with E-state index in [1.54, 1.807) is 0 Å². The van der Waals surface area contributed by atoms with Crippen LogP contribution in [-0.2, 0) is 16.4 Å². The molecule has 2 aromatic carbocycles. The summed E-state index contributed by atoms with van der Waals surface area (Å²) in [5.41, 5.74) is -9.55. The number of aryl methyl sites for hydroxylation is 1. The summed E-state index contributed by atoms with van der Waals surface area (Å²) < 4.78 is 101. The third-order valence-corrected chi connectivity index (χ3v) is 5.71. The zero-order valence-electron chi connectivity index (χ0n) is 18.9. The first-order chi connectivity index (χ1) is 16.4. The Morgan fingerprint density at radius 3 is 2.22 bits per heavy atom. The van der Waals surface area contributed by atoms with Crippen LogP contribution < -0.4 is 10.9 Å². The molecule has 0 bridgehead atoms. The van der Waals surface area contributed by atoms with Crippen molar-refractivity contribution in [1.82, 2.24) is 5.16 Å². The molecule has 0 fully saturated rings. The normalized spacial score (nSPS) is 14.5. The molecule has 3 aromatic rings. The van der Waals surface area contributed by atoms with Crippen LogP contribution in [0.1, 0.15) is 37.1 Å². The standard InChI is InChI=1S/C23H19F7N2O4/c1-11-15-9-13(5-6-14(15)18(33)36-32-11)31-19(34)21(35,23(28,29)30)10-20(2,3)17-8-12(24)4-7-16(17)22(25,26)27/h4-9,35H,10H2,1-3H3,(H,31,34). The summed E-state index contributed by atoms with van der Waals surface area (Å²) in [6, 6.07) is 4.66. The Kier molecular flexibility index (Phi) is 6.68. The Balaban J connectivity index is 2.04. The first kappa shape index (κ1) is 27.1. The number of aromatic nitrogens is 1. The van der Waals surface area contributed by atoms with Gasteiger partial charge in [-0.1, -0.05) is 19.0 Å². The number of nitrogens with one attached hydrogen (secondary N) is 1. The van der Waals surface area contributed by atoms with E-state index in [2.05, 4.69) is 9.68 Å². The molecule has 6 nitrogen and oxygen atoms in total. The zero-order valence-corrected chi connectivity index (χ0v) is 18.9. The number of amides is 1. The Morgan fingerprint density at radius 1 is 1.00 bits per heavy atom. The van der Waals surface area contributed by atoms with E-state index < -0.39 is 58.3 Å². The Hall–Kier alpha value is -3.48. The quantitative estimate of drug-likeness (QED) is 0.448. The summed E-state index contributed by atoms with van der Waals surface area (Å²) in [6.07, 6.45) is -12.2. The van der Waals surface area contributed by atoms with Crippen LogP contribution in [0.25, 0.3) is 10.8 Å². The first-order valence-corrected chi connectivity index (χ1v) is 10.2. The van der Waals surface area contributed by atoms with Gasteiger partial charge in [-0.2, -0.15) is 26.3 Å². The maximum atomic E-state index is 14.0. The van der Waals surface area contributed by atoms with Crippen molar-refractivity contribution in [2.24, 2.45) is 0 Å². The molecular formula is C23H19F7N2O4. The molecule has 1 aromatic heterocycles. The summed E-state index contributed by atoms with van der Waals surface area (Å²) in [4.78, 5) is 24.5. The lowest BCUT2D eigenvalue weighted by Gasteiger charge is -2.37. The van der Waals surface area contributed by atoms with Crippen molar-refractivity contribution >= 4 is 22.4 Å². The fraction of sp³-hybridized carbons (Fsp3) is 0.348. The number of carbonyl (C=O) groups excluding carboxylic acids is 1. The van der Waals surface area contributed by atoms with Crippen LogP contribution in [0.4, 0.5) is 36.4 Å². The highest BCUT2D eigenvalue weighted by molar-refractivity contribution is 5.99. The van der Waals surface area contributed by atoms with E-state index >= 15 is 0 Å². The minimum absolute atomic E-state index is 0.0264. The fourth-order valence-electron chi connectivity index (χ4n) is 3.91. The predicted octanol–water partition coefficient (Wildman–Crippen LogP) is 5.25. The van der Waals surface area contributed by atoms with Gasteiger partial charge >= 0.3 is 18.0 Å². The van der Waals surface area contributed by atoms with Crippen LogP contribution in [0, 0.1) is 12.7 Å². The maximum Gasteiger partial charge on any atom is 0.426 e. The largest absolute Gasteiger partial charge is 0.426 e. The van der Waals surface area contributed by atoms with Crippen LogP contribution in [-0.4, -0.2) is 27.9 Å². The fourth-order valence-corrected chi connectivity index (χ4v) is 3.91. The smallest absolute Gasteiger partial charge is 0.373 e.